The van der Waals surface area contributed by atoms with Crippen molar-refractivity contribution < 1.29 is 101 Å². The number of hydrogen-bond acceptors (Lipinski definition) is 16. The Labute approximate surface area is 664 Å². The Morgan fingerprint density at radius 2 is 0.272 bits per heavy atom. The van der Waals surface area contributed by atoms with Crippen LogP contribution in [0.1, 0.15) is 76.7 Å². The second-order valence-corrected chi connectivity index (χ2v) is 22.6. The monoisotopic (exact) mass is 1930 g/mol. The fraction of sp³-hybridized carbons (Fsp3) is 0.266. The van der Waals surface area contributed by atoms with E-state index in [4.69, 9.17) is 0 Å². The predicted molar refractivity (Wildman–Crippen MR) is 402 cm³/mol. The molecule has 0 atom stereocenters. The van der Waals surface area contributed by atoms with Crippen LogP contribution in [-0.2, 0) is 79.2 Å². The van der Waals surface area contributed by atoms with E-state index in [0.29, 0.717) is 23.3 Å². The Morgan fingerprint density at radius 3 is 0.359 bits per heavy atom. The van der Waals surface area contributed by atoms with E-state index in [1.807, 2.05) is 146 Å². The molecule has 2 radical (unpaired) electrons. The molecule has 8 N–H and O–H groups in total. The quantitative estimate of drug-likeness (QED) is 0.110. The van der Waals surface area contributed by atoms with Gasteiger partial charge in [0.25, 0.3) is 0 Å². The molecule has 0 aliphatic heterocycles. The van der Waals surface area contributed by atoms with Gasteiger partial charge in [-0.05, 0) is 181 Å². The second kappa shape index (κ2) is 58.3. The van der Waals surface area contributed by atoms with Gasteiger partial charge in [-0.1, -0.05) is 125 Å². The van der Waals surface area contributed by atoms with Gasteiger partial charge in [0, 0.05) is 178 Å². The van der Waals surface area contributed by atoms with Crippen LogP contribution in [0.25, 0.3) is 68.8 Å². The van der Waals surface area contributed by atoms with Crippen LogP contribution in [-0.4, -0.2) is 102 Å². The summed E-state index contributed by atoms with van der Waals surface area (Å²) in [5, 5.41) is 0. The Balaban J connectivity index is -0.000000350. The van der Waals surface area contributed by atoms with Crippen LogP contribution in [0.2, 0.25) is 0 Å². The van der Waals surface area contributed by atoms with Crippen LogP contribution in [0.4, 0.5) is 0 Å². The van der Waals surface area contributed by atoms with E-state index < -0.39 is 0 Å². The Morgan fingerprint density at radius 1 is 0.175 bits per heavy atom. The van der Waals surface area contributed by atoms with E-state index in [-0.39, 0.29) is 123 Å². The minimum absolute atomic E-state index is 0. The minimum atomic E-state index is 0. The molecule has 14 rings (SSSR count). The van der Waals surface area contributed by atoms with Crippen LogP contribution in [0.15, 0.2) is 269 Å². The molecule has 12 aromatic rings. The van der Waals surface area contributed by atoms with Crippen molar-refractivity contribution in [1.29, 1.82) is 0 Å². The molecule has 2 fully saturated rings. The standard InChI is InChI=1S/4C10H8N2.2C10H20.2C8H6N4.CH4.2CH3.2Ir.4H2O.2Ru/c4*1-3-7-11-9(5-1)10-6-2-4-8-12-10;2*1-6-7(2)9(4)10(5)8(6)3;2*1-3-9-7(10-4-1)8-11-5-2-6-12-8;;;;;;;;;;;/h4*1-8H;2*6-10H,1-5H3;2*1-6H;1H4;2*1H3;;;4*1H2;;/q;;;;;;;;;2*-1;;;;;;;;. The first-order chi connectivity index (χ1) is 44.9. The van der Waals surface area contributed by atoms with E-state index in [1.54, 1.807) is 123 Å². The van der Waals surface area contributed by atoms with Crippen molar-refractivity contribution in [2.45, 2.75) is 76.7 Å². The van der Waals surface area contributed by atoms with E-state index in [0.717, 1.165) is 105 Å². The van der Waals surface area contributed by atoms with Crippen molar-refractivity contribution in [3.05, 3.63) is 284 Å². The molecule has 558 valence electrons. The summed E-state index contributed by atoms with van der Waals surface area (Å²) >= 11 is 0. The van der Waals surface area contributed by atoms with Crippen LogP contribution >= 0.6 is 0 Å². The van der Waals surface area contributed by atoms with Gasteiger partial charge in [-0.3, -0.25) is 39.9 Å². The summed E-state index contributed by atoms with van der Waals surface area (Å²) in [5.74, 6) is 11.6. The fourth-order valence-electron chi connectivity index (χ4n) is 10.6. The maximum Gasteiger partial charge on any atom is 0.197 e. The van der Waals surface area contributed by atoms with E-state index in [9.17, 15) is 0 Å². The Kier molecular flexibility index (Phi) is 58.6. The van der Waals surface area contributed by atoms with Gasteiger partial charge in [-0.2, -0.15) is 0 Å². The van der Waals surface area contributed by atoms with Crippen molar-refractivity contribution in [1.82, 2.24) is 79.7 Å². The molecule has 0 saturated heterocycles. The number of rotatable bonds is 6. The summed E-state index contributed by atoms with van der Waals surface area (Å²) in [4.78, 5) is 65.6. The average Bonchev–Trinajstić information content (AvgIpc) is 1.69. The van der Waals surface area contributed by atoms with Crippen molar-refractivity contribution in [2.24, 2.45) is 59.2 Å². The van der Waals surface area contributed by atoms with Gasteiger partial charge in [0.2, 0.25) is 0 Å². The maximum absolute atomic E-state index is 4.19. The smallest absolute Gasteiger partial charge is 0.197 e. The summed E-state index contributed by atoms with van der Waals surface area (Å²) in [6.07, 6.45) is 27.5. The Bertz CT molecular complexity index is 2920. The van der Waals surface area contributed by atoms with Gasteiger partial charge in [0.1, 0.15) is 0 Å². The van der Waals surface area contributed by atoms with Gasteiger partial charge in [0.05, 0.1) is 45.6 Å². The molecule has 0 bridgehead atoms. The van der Waals surface area contributed by atoms with Crippen LogP contribution in [0, 0.1) is 74.0 Å². The normalized spacial score (nSPS) is 17.5. The molecular weight excluding hydrogens is 1820 g/mol. The molecule has 0 unspecified atom stereocenters. The van der Waals surface area contributed by atoms with Crippen molar-refractivity contribution in [2.75, 3.05) is 0 Å². The summed E-state index contributed by atoms with van der Waals surface area (Å²) in [6, 6.07) is 53.4. The van der Waals surface area contributed by atoms with E-state index >= 15 is 0 Å². The van der Waals surface area contributed by atoms with Crippen molar-refractivity contribution >= 4 is 0 Å². The molecule has 2 aliphatic rings. The van der Waals surface area contributed by atoms with E-state index in [2.05, 4.69) is 149 Å². The molecule has 20 nitrogen and oxygen atoms in total. The van der Waals surface area contributed by atoms with Gasteiger partial charge in [-0.15, -0.1) is 0 Å². The maximum atomic E-state index is 4.19. The minimum Gasteiger partial charge on any atom is -0.412 e. The summed E-state index contributed by atoms with van der Waals surface area (Å²) in [5.41, 5.74) is 7.32. The zero-order chi connectivity index (χ0) is 65.1. The number of nitrogens with zero attached hydrogens (tertiary/aromatic N) is 16. The van der Waals surface area contributed by atoms with Crippen molar-refractivity contribution in [3.8, 4) is 68.8 Å². The number of aromatic nitrogens is 16. The molecule has 103 heavy (non-hydrogen) atoms. The third kappa shape index (κ3) is 34.4. The summed E-state index contributed by atoms with van der Waals surface area (Å²) in [7, 11) is 0. The largest absolute Gasteiger partial charge is 0.412 e. The zero-order valence-electron chi connectivity index (χ0n) is 59.7. The number of hydrogen-bond donors (Lipinski definition) is 0. The molecule has 2 saturated carbocycles. The first-order valence-corrected chi connectivity index (χ1v) is 31.3. The molecule has 2 aliphatic carbocycles. The van der Waals surface area contributed by atoms with Crippen LogP contribution < -0.4 is 0 Å². The van der Waals surface area contributed by atoms with Crippen LogP contribution in [0.3, 0.4) is 0 Å². The SMILES string of the molecule is C.CC1C(C)C(C)C(C)C1C.CC1C(C)C(C)C(C)C1C.O.O.O.O.[CH3-].[CH3-].[Ir].[Ir].[Ru].[Ru].c1ccc(-c2ccccn2)nc1.c1ccc(-c2ccccn2)nc1.c1ccc(-c2ccccn2)nc1.c1ccc(-c2ccccn2)nc1.c1cnc(-c2ncccn2)nc1.c1cnc(-c2ncccn2)nc1. The third-order valence-electron chi connectivity index (χ3n) is 17.3. The van der Waals surface area contributed by atoms with Crippen LogP contribution in [0.5, 0.6) is 0 Å². The van der Waals surface area contributed by atoms with Gasteiger partial charge in [0.15, 0.2) is 23.3 Å². The number of pyridine rings is 8. The molecule has 0 aromatic carbocycles. The first-order valence-electron chi connectivity index (χ1n) is 31.3. The molecular formula is C79H102Ir2N16O4Ru2-2. The molecule has 24 heteroatoms. The first kappa shape index (κ1) is 104. The van der Waals surface area contributed by atoms with E-state index in [1.165, 1.54) is 0 Å². The molecule has 12 heterocycles. The molecule has 0 amide bonds. The third-order valence-corrected chi connectivity index (χ3v) is 17.3. The second-order valence-electron chi connectivity index (χ2n) is 22.6. The van der Waals surface area contributed by atoms with Gasteiger partial charge in [-0.25, -0.2) is 39.9 Å². The fourth-order valence-corrected chi connectivity index (χ4v) is 10.6. The van der Waals surface area contributed by atoms with Gasteiger partial charge >= 0.3 is 0 Å². The topological polar surface area (TPSA) is 332 Å². The zero-order valence-corrected chi connectivity index (χ0v) is 68.0. The van der Waals surface area contributed by atoms with Gasteiger partial charge < -0.3 is 36.8 Å². The summed E-state index contributed by atoms with van der Waals surface area (Å²) < 4.78 is 0. The van der Waals surface area contributed by atoms with Crippen molar-refractivity contribution in [3.63, 3.8) is 0 Å². The molecule has 0 spiro atoms. The summed E-state index contributed by atoms with van der Waals surface area (Å²) in [6.45, 7) is 24.0. The Hall–Kier alpha value is -8.09. The average molecular weight is 1930 g/mol. The predicted octanol–water partition coefficient (Wildman–Crippen LogP) is 15.0. The molecule has 12 aromatic heterocycles.